The lowest BCUT2D eigenvalue weighted by atomic mass is 9.85. The summed E-state index contributed by atoms with van der Waals surface area (Å²) < 4.78 is 26.6. The summed E-state index contributed by atoms with van der Waals surface area (Å²) in [5.41, 5.74) is 6.17. The van der Waals surface area contributed by atoms with Crippen molar-refractivity contribution < 1.29 is 8.42 Å². The van der Waals surface area contributed by atoms with Crippen LogP contribution in [-0.2, 0) is 10.0 Å². The molecule has 0 aromatic heterocycles. The van der Waals surface area contributed by atoms with E-state index in [9.17, 15) is 8.42 Å². The highest BCUT2D eigenvalue weighted by atomic mass is 32.2. The molecule has 1 aliphatic carbocycles. The van der Waals surface area contributed by atoms with Gasteiger partial charge in [-0.15, -0.1) is 0 Å². The average Bonchev–Trinajstić information content (AvgIpc) is 2.68. The van der Waals surface area contributed by atoms with Crippen LogP contribution in [0.4, 0.5) is 0 Å². The zero-order valence-electron chi connectivity index (χ0n) is 11.9. The smallest absolute Gasteiger partial charge is 0.215 e. The summed E-state index contributed by atoms with van der Waals surface area (Å²) in [5, 5.41) is 0. The number of nitrogens with zero attached hydrogens (tertiary/aromatic N) is 1. The summed E-state index contributed by atoms with van der Waals surface area (Å²) in [6.07, 6.45) is 10.2. The fourth-order valence-corrected chi connectivity index (χ4v) is 5.15. The van der Waals surface area contributed by atoms with Gasteiger partial charge in [0.05, 0.1) is 5.75 Å². The van der Waals surface area contributed by atoms with Gasteiger partial charge in [0.15, 0.2) is 0 Å². The van der Waals surface area contributed by atoms with E-state index < -0.39 is 10.0 Å². The molecule has 0 bridgehead atoms. The maximum absolute atomic E-state index is 12.4. The van der Waals surface area contributed by atoms with E-state index in [1.165, 1.54) is 19.3 Å². The lowest BCUT2D eigenvalue weighted by Gasteiger charge is -2.29. The normalized spacial score (nSPS) is 25.9. The summed E-state index contributed by atoms with van der Waals surface area (Å²) in [4.78, 5) is 0. The molecule has 1 saturated heterocycles. The molecule has 112 valence electrons. The molecule has 2 aliphatic rings. The molecular formula is C14H28N2O2S. The first-order valence-electron chi connectivity index (χ1n) is 7.83. The van der Waals surface area contributed by atoms with Gasteiger partial charge in [-0.2, -0.15) is 0 Å². The van der Waals surface area contributed by atoms with E-state index in [1.54, 1.807) is 4.31 Å². The molecule has 2 fully saturated rings. The molecule has 0 aromatic carbocycles. The minimum Gasteiger partial charge on any atom is -0.326 e. The Morgan fingerprint density at radius 1 is 0.947 bits per heavy atom. The molecule has 0 spiro atoms. The Hall–Kier alpha value is -0.130. The van der Waals surface area contributed by atoms with Gasteiger partial charge in [0.1, 0.15) is 0 Å². The highest BCUT2D eigenvalue weighted by Gasteiger charge is 2.29. The molecule has 1 atom stereocenters. The number of hydrogen-bond donors (Lipinski definition) is 1. The highest BCUT2D eigenvalue weighted by Crippen LogP contribution is 2.26. The van der Waals surface area contributed by atoms with Gasteiger partial charge in [0.25, 0.3) is 0 Å². The largest absolute Gasteiger partial charge is 0.326 e. The highest BCUT2D eigenvalue weighted by molar-refractivity contribution is 7.89. The van der Waals surface area contributed by atoms with E-state index in [-0.39, 0.29) is 11.8 Å². The Morgan fingerprint density at radius 3 is 2.05 bits per heavy atom. The lowest BCUT2D eigenvalue weighted by molar-refractivity contribution is 0.313. The van der Waals surface area contributed by atoms with Crippen LogP contribution in [0.2, 0.25) is 0 Å². The van der Waals surface area contributed by atoms with Crippen molar-refractivity contribution in [3.8, 4) is 0 Å². The Morgan fingerprint density at radius 2 is 1.47 bits per heavy atom. The lowest BCUT2D eigenvalue weighted by Crippen LogP contribution is -2.44. The molecule has 1 heterocycles. The second kappa shape index (κ2) is 7.04. The molecule has 0 amide bonds. The molecule has 19 heavy (non-hydrogen) atoms. The van der Waals surface area contributed by atoms with Crippen molar-refractivity contribution in [2.24, 2.45) is 11.7 Å². The Bertz CT molecular complexity index is 356. The third-order valence-corrected chi connectivity index (χ3v) is 6.57. The molecule has 0 aromatic rings. The number of sulfonamides is 1. The zero-order valence-corrected chi connectivity index (χ0v) is 12.7. The predicted molar refractivity (Wildman–Crippen MR) is 78.4 cm³/mol. The van der Waals surface area contributed by atoms with Crippen molar-refractivity contribution >= 4 is 10.0 Å². The van der Waals surface area contributed by atoms with Crippen molar-refractivity contribution in [1.29, 1.82) is 0 Å². The Kier molecular flexibility index (Phi) is 5.66. The quantitative estimate of drug-likeness (QED) is 0.861. The van der Waals surface area contributed by atoms with Gasteiger partial charge in [-0.1, -0.05) is 32.1 Å². The monoisotopic (exact) mass is 288 g/mol. The van der Waals surface area contributed by atoms with Crippen LogP contribution in [0.25, 0.3) is 0 Å². The molecule has 2 N–H and O–H groups in total. The van der Waals surface area contributed by atoms with Gasteiger partial charge in [0, 0.05) is 19.1 Å². The van der Waals surface area contributed by atoms with E-state index in [1.807, 2.05) is 0 Å². The zero-order chi connectivity index (χ0) is 13.7. The summed E-state index contributed by atoms with van der Waals surface area (Å²) in [6, 6.07) is -0.173. The van der Waals surface area contributed by atoms with Crippen molar-refractivity contribution in [3.05, 3.63) is 0 Å². The minimum absolute atomic E-state index is 0.150. The summed E-state index contributed by atoms with van der Waals surface area (Å²) >= 11 is 0. The number of hydrogen-bond acceptors (Lipinski definition) is 3. The van der Waals surface area contributed by atoms with Gasteiger partial charge < -0.3 is 5.73 Å². The van der Waals surface area contributed by atoms with Gasteiger partial charge in [-0.3, -0.25) is 0 Å². The SMILES string of the molecule is NC(CS(=O)(=O)N1CCCCCC1)C1CCCCC1. The van der Waals surface area contributed by atoms with Crippen LogP contribution in [0, 0.1) is 5.92 Å². The Balaban J connectivity index is 1.91. The van der Waals surface area contributed by atoms with Crippen LogP contribution in [-0.4, -0.2) is 37.6 Å². The molecule has 2 rings (SSSR count). The first-order chi connectivity index (χ1) is 9.09. The van der Waals surface area contributed by atoms with Crippen LogP contribution >= 0.6 is 0 Å². The summed E-state index contributed by atoms with van der Waals surface area (Å²) in [7, 11) is -3.15. The molecule has 4 nitrogen and oxygen atoms in total. The third kappa shape index (κ3) is 4.43. The Labute approximate surface area is 117 Å². The fourth-order valence-electron chi connectivity index (χ4n) is 3.37. The maximum Gasteiger partial charge on any atom is 0.215 e. The van der Waals surface area contributed by atoms with E-state index in [4.69, 9.17) is 5.73 Å². The second-order valence-electron chi connectivity index (χ2n) is 6.15. The average molecular weight is 288 g/mol. The van der Waals surface area contributed by atoms with Crippen molar-refractivity contribution in [1.82, 2.24) is 4.31 Å². The minimum atomic E-state index is -3.15. The van der Waals surface area contributed by atoms with Gasteiger partial charge in [0.2, 0.25) is 10.0 Å². The van der Waals surface area contributed by atoms with Crippen LogP contribution in [0.3, 0.4) is 0 Å². The van der Waals surface area contributed by atoms with E-state index in [0.29, 0.717) is 19.0 Å². The third-order valence-electron chi connectivity index (χ3n) is 4.62. The topological polar surface area (TPSA) is 63.4 Å². The number of rotatable bonds is 4. The molecular weight excluding hydrogens is 260 g/mol. The second-order valence-corrected chi connectivity index (χ2v) is 8.17. The standard InChI is InChI=1S/C14H28N2O2S/c15-14(13-8-4-3-5-9-13)12-19(17,18)16-10-6-1-2-7-11-16/h13-14H,1-12,15H2. The van der Waals surface area contributed by atoms with Gasteiger partial charge >= 0.3 is 0 Å². The van der Waals surface area contributed by atoms with Crippen molar-refractivity contribution in [3.63, 3.8) is 0 Å². The first-order valence-corrected chi connectivity index (χ1v) is 9.44. The predicted octanol–water partition coefficient (Wildman–Crippen LogP) is 2.10. The maximum atomic E-state index is 12.4. The van der Waals surface area contributed by atoms with Crippen LogP contribution in [0.15, 0.2) is 0 Å². The van der Waals surface area contributed by atoms with Crippen molar-refractivity contribution in [2.45, 2.75) is 63.8 Å². The van der Waals surface area contributed by atoms with E-state index in [0.717, 1.165) is 38.5 Å². The van der Waals surface area contributed by atoms with Crippen molar-refractivity contribution in [2.75, 3.05) is 18.8 Å². The fraction of sp³-hybridized carbons (Fsp3) is 1.00. The van der Waals surface area contributed by atoms with Crippen LogP contribution in [0.5, 0.6) is 0 Å². The van der Waals surface area contributed by atoms with Crippen LogP contribution in [0.1, 0.15) is 57.8 Å². The molecule has 1 unspecified atom stereocenters. The molecule has 1 aliphatic heterocycles. The molecule has 1 saturated carbocycles. The van der Waals surface area contributed by atoms with E-state index in [2.05, 4.69) is 0 Å². The van der Waals surface area contributed by atoms with Gasteiger partial charge in [-0.05, 0) is 31.6 Å². The summed E-state index contributed by atoms with van der Waals surface area (Å²) in [5.74, 6) is 0.563. The van der Waals surface area contributed by atoms with Gasteiger partial charge in [-0.25, -0.2) is 12.7 Å². The first kappa shape index (κ1) is 15.3. The molecule has 5 heteroatoms. The van der Waals surface area contributed by atoms with E-state index >= 15 is 0 Å². The van der Waals surface area contributed by atoms with Crippen LogP contribution < -0.4 is 5.73 Å². The summed E-state index contributed by atoms with van der Waals surface area (Å²) in [6.45, 7) is 1.39. The molecule has 0 radical (unpaired) electrons. The number of nitrogens with two attached hydrogens (primary N) is 1.